The highest BCUT2D eigenvalue weighted by Crippen LogP contribution is 2.47. The summed E-state index contributed by atoms with van der Waals surface area (Å²) in [6, 6.07) is 41.7. The van der Waals surface area contributed by atoms with Gasteiger partial charge in [0.15, 0.2) is 0 Å². The Hall–Kier alpha value is -8.02. The van der Waals surface area contributed by atoms with Crippen molar-refractivity contribution in [3.8, 4) is 33.6 Å². The second-order valence-corrected chi connectivity index (χ2v) is 23.3. The van der Waals surface area contributed by atoms with Gasteiger partial charge in [0.25, 0.3) is 0 Å². The van der Waals surface area contributed by atoms with E-state index in [0.717, 1.165) is 80.1 Å². The van der Waals surface area contributed by atoms with Gasteiger partial charge in [0.2, 0.25) is 0 Å². The van der Waals surface area contributed by atoms with E-state index in [1.54, 1.807) is 11.1 Å². The number of allylic oxidation sites excluding steroid dienone is 15. The van der Waals surface area contributed by atoms with E-state index in [2.05, 4.69) is 213 Å². The van der Waals surface area contributed by atoms with Gasteiger partial charge in [0, 0.05) is 59.6 Å². The Morgan fingerprint density at radius 2 is 1.15 bits per heavy atom. The highest BCUT2D eigenvalue weighted by Gasteiger charge is 2.29. The molecule has 7 aliphatic rings. The van der Waals surface area contributed by atoms with Gasteiger partial charge in [-0.25, -0.2) is 0 Å². The molecule has 5 nitrogen and oxygen atoms in total. The minimum absolute atomic E-state index is 0.633. The molecule has 4 fully saturated rings. The summed E-state index contributed by atoms with van der Waals surface area (Å²) in [7, 11) is 0. The Bertz CT molecular complexity index is 3850. The molecule has 0 amide bonds. The maximum absolute atomic E-state index is 7.00. The van der Waals surface area contributed by atoms with Crippen LogP contribution in [0.25, 0.3) is 78.9 Å². The highest BCUT2D eigenvalue weighted by atomic mass is 15.2. The second-order valence-electron chi connectivity index (χ2n) is 23.3. The lowest BCUT2D eigenvalue weighted by Gasteiger charge is -2.32. The molecule has 2 saturated carbocycles. The summed E-state index contributed by atoms with van der Waals surface area (Å²) in [6.45, 7) is 3.96. The molecule has 2 saturated heterocycles. The lowest BCUT2D eigenvalue weighted by molar-refractivity contribution is 0.496. The van der Waals surface area contributed by atoms with Gasteiger partial charge in [-0.3, -0.25) is 0 Å². The molecule has 2 N–H and O–H groups in total. The van der Waals surface area contributed by atoms with Gasteiger partial charge in [-0.1, -0.05) is 169 Å². The van der Waals surface area contributed by atoms with Gasteiger partial charge in [-0.05, 0) is 183 Å². The fraction of sp³-hybridized carbons (Fsp3) is 0.270. The molecule has 14 rings (SSSR count). The third kappa shape index (κ3) is 9.55. The number of anilines is 2. The molecule has 79 heavy (non-hydrogen) atoms. The van der Waals surface area contributed by atoms with Crippen molar-refractivity contribution < 1.29 is 0 Å². The Kier molecular flexibility index (Phi) is 13.5. The molecule has 1 atom stereocenters. The smallest absolute Gasteiger partial charge is 0.0709 e. The second kappa shape index (κ2) is 21.7. The third-order valence-corrected chi connectivity index (χ3v) is 18.2. The van der Waals surface area contributed by atoms with Crippen molar-refractivity contribution in [2.75, 3.05) is 36.0 Å². The quantitative estimate of drug-likeness (QED) is 0.122. The van der Waals surface area contributed by atoms with E-state index < -0.39 is 0 Å². The van der Waals surface area contributed by atoms with Crippen LogP contribution in [0, 0.1) is 5.92 Å². The highest BCUT2D eigenvalue weighted by molar-refractivity contribution is 6.05. The van der Waals surface area contributed by atoms with Crippen molar-refractivity contribution in [2.45, 2.75) is 96.3 Å². The number of fused-ring (bicyclic) bond motifs is 14. The van der Waals surface area contributed by atoms with Crippen molar-refractivity contribution >= 4 is 56.6 Å². The molecule has 6 bridgehead atoms. The SMILES string of the molecule is N/C(=C\C=C/C=C1CCCCCC1)c1ccccc1-c1ccc2c(c1)c1c(n2-c2cccc(-n3c4c(c5cc(-c6ccccc6C6=C7/CCCC(\C=C/C=C\6)C7)ccc53)N3CCCC/C(=C/C=C\4)C3)c2)/C=C\C=C2\CCCN1C2. The molecule has 0 spiro atoms. The normalized spacial score (nSPS) is 23.3. The van der Waals surface area contributed by atoms with Crippen LogP contribution in [0.2, 0.25) is 0 Å². The van der Waals surface area contributed by atoms with Crippen LogP contribution in [-0.2, 0) is 0 Å². The average Bonchev–Trinajstić information content (AvgIpc) is 3.84. The monoisotopic (exact) mass is 1030 g/mol. The largest absolute Gasteiger partial charge is 0.398 e. The molecule has 5 heteroatoms. The Labute approximate surface area is 467 Å². The first kappa shape index (κ1) is 49.3. The van der Waals surface area contributed by atoms with E-state index in [9.17, 15) is 0 Å². The lowest BCUT2D eigenvalue weighted by Crippen LogP contribution is -2.31. The molecule has 2 aromatic heterocycles. The number of benzene rings is 5. The van der Waals surface area contributed by atoms with E-state index >= 15 is 0 Å². The first-order valence-corrected chi connectivity index (χ1v) is 29.9. The fourth-order valence-corrected chi connectivity index (χ4v) is 14.4. The van der Waals surface area contributed by atoms with Gasteiger partial charge in [0.05, 0.1) is 33.8 Å². The molecule has 1 unspecified atom stereocenters. The van der Waals surface area contributed by atoms with Crippen molar-refractivity contribution in [1.29, 1.82) is 0 Å². The van der Waals surface area contributed by atoms with Crippen LogP contribution in [-0.4, -0.2) is 35.3 Å². The van der Waals surface area contributed by atoms with Crippen molar-refractivity contribution in [2.24, 2.45) is 11.7 Å². The van der Waals surface area contributed by atoms with Crippen LogP contribution in [0.15, 0.2) is 204 Å². The fourth-order valence-electron chi connectivity index (χ4n) is 14.4. The van der Waals surface area contributed by atoms with Crippen LogP contribution in [0.5, 0.6) is 0 Å². The van der Waals surface area contributed by atoms with Crippen LogP contribution in [0.1, 0.15) is 119 Å². The van der Waals surface area contributed by atoms with Crippen LogP contribution >= 0.6 is 0 Å². The Balaban J connectivity index is 0.906. The maximum Gasteiger partial charge on any atom is 0.0709 e. The van der Waals surface area contributed by atoms with Crippen molar-refractivity contribution in [3.63, 3.8) is 0 Å². The van der Waals surface area contributed by atoms with E-state index in [1.807, 2.05) is 0 Å². The van der Waals surface area contributed by atoms with E-state index in [4.69, 9.17) is 5.73 Å². The summed E-state index contributed by atoms with van der Waals surface area (Å²) in [5.41, 5.74) is 32.5. The maximum atomic E-state index is 7.00. The molecule has 0 radical (unpaired) electrons. The van der Waals surface area contributed by atoms with Gasteiger partial charge >= 0.3 is 0 Å². The number of rotatable bonds is 8. The molecule has 394 valence electrons. The first-order chi connectivity index (χ1) is 39.1. The van der Waals surface area contributed by atoms with Crippen LogP contribution in [0.4, 0.5) is 11.4 Å². The minimum Gasteiger partial charge on any atom is -0.398 e. The minimum atomic E-state index is 0.633. The summed E-state index contributed by atoms with van der Waals surface area (Å²) in [5, 5.41) is 2.57. The van der Waals surface area contributed by atoms with Crippen molar-refractivity contribution in [3.05, 3.63) is 227 Å². The predicted molar refractivity (Wildman–Crippen MR) is 337 cm³/mol. The molecular formula is C74H73N5. The molecule has 4 aliphatic heterocycles. The summed E-state index contributed by atoms with van der Waals surface area (Å²) in [6.07, 6.45) is 50.7. The summed E-state index contributed by atoms with van der Waals surface area (Å²) in [4.78, 5) is 5.35. The van der Waals surface area contributed by atoms with E-state index in [-0.39, 0.29) is 0 Å². The summed E-state index contributed by atoms with van der Waals surface area (Å²) < 4.78 is 5.09. The number of aromatic nitrogens is 2. The first-order valence-electron chi connectivity index (χ1n) is 29.9. The topological polar surface area (TPSA) is 42.4 Å². The van der Waals surface area contributed by atoms with Crippen LogP contribution < -0.4 is 15.5 Å². The standard InChI is InChI=1S/C74H73N5/c75-68(37-12-6-22-52-20-3-1-2-4-21-52)65-36-11-9-34-63(65)58-41-43-70-67(48-58)74-72(39-17-27-55-28-19-45-77(74)51-55)79(70)60-31-18-30-59(49-60)78-69-42-40-57(47-66(69)73-71(78)38-16-26-54-24-13-14-44-76(73)50-54)62-33-8-10-35-64(62)61-32-7-5-23-53-25-15-29-56(61)46-53/h5-12,16-18,22-23,26-27,30-43,47-49,53H,1-4,13-15,19-21,24-25,28-29,44-46,50-51,75H2/b12-6-,23-5-,32-7-,38-16-,39-17-,54-26-,55-27-,61-56-,68-37-. The van der Waals surface area contributed by atoms with Gasteiger partial charge < -0.3 is 24.7 Å². The Morgan fingerprint density at radius 3 is 1.87 bits per heavy atom. The summed E-state index contributed by atoms with van der Waals surface area (Å²) >= 11 is 0. The van der Waals surface area contributed by atoms with E-state index in [0.29, 0.717) is 5.92 Å². The van der Waals surface area contributed by atoms with Gasteiger partial charge in [0.1, 0.15) is 0 Å². The number of piperidine rings is 1. The molecule has 6 heterocycles. The number of nitrogens with two attached hydrogens (primary N) is 1. The van der Waals surface area contributed by atoms with Crippen molar-refractivity contribution in [1.82, 2.24) is 9.13 Å². The lowest BCUT2D eigenvalue weighted by atomic mass is 9.79. The molecule has 7 aromatic rings. The average molecular weight is 1030 g/mol. The zero-order valence-electron chi connectivity index (χ0n) is 45.9. The van der Waals surface area contributed by atoms with Gasteiger partial charge in [-0.15, -0.1) is 0 Å². The zero-order chi connectivity index (χ0) is 52.7. The predicted octanol–water partition coefficient (Wildman–Crippen LogP) is 18.6. The Morgan fingerprint density at radius 1 is 0.519 bits per heavy atom. The number of nitrogens with zero attached hydrogens (tertiary/aromatic N) is 4. The van der Waals surface area contributed by atoms with Gasteiger partial charge in [-0.2, -0.15) is 0 Å². The number of hydrogen-bond donors (Lipinski definition) is 1. The molecule has 5 aromatic carbocycles. The third-order valence-electron chi connectivity index (χ3n) is 18.2. The number of hydrogen-bond acceptors (Lipinski definition) is 3. The molecule has 3 aliphatic carbocycles. The van der Waals surface area contributed by atoms with Crippen LogP contribution in [0.3, 0.4) is 0 Å². The molecular weight excluding hydrogens is 959 g/mol. The van der Waals surface area contributed by atoms with E-state index in [1.165, 1.54) is 154 Å². The summed E-state index contributed by atoms with van der Waals surface area (Å²) in [5.74, 6) is 0.633. The zero-order valence-corrected chi connectivity index (χ0v) is 45.9.